The number of carbonyl (C=O) groups excluding carboxylic acids is 1. The minimum absolute atomic E-state index is 0.00533. The molecule has 0 aromatic carbocycles. The summed E-state index contributed by atoms with van der Waals surface area (Å²) in [5.74, 6) is 3.27. The average molecular weight is 425 g/mol. The van der Waals surface area contributed by atoms with E-state index in [1.807, 2.05) is 0 Å². The first-order valence-corrected chi connectivity index (χ1v) is 13.5. The molecule has 3 atom stereocenters. The number of hydrogen-bond donors (Lipinski definition) is 0. The van der Waals surface area contributed by atoms with Gasteiger partial charge in [-0.25, -0.2) is 0 Å². The predicted molar refractivity (Wildman–Crippen MR) is 133 cm³/mol. The van der Waals surface area contributed by atoms with Crippen molar-refractivity contribution in [2.45, 2.75) is 144 Å². The van der Waals surface area contributed by atoms with Gasteiger partial charge in [0.2, 0.25) is 0 Å². The smallest absolute Gasteiger partial charge is 0.305 e. The topological polar surface area (TPSA) is 26.3 Å². The van der Waals surface area contributed by atoms with Crippen molar-refractivity contribution >= 4 is 5.97 Å². The molecule has 0 spiro atoms. The first kappa shape index (κ1) is 29.5. The number of carbonyl (C=O) groups is 1. The molecule has 0 amide bonds. The highest BCUT2D eigenvalue weighted by molar-refractivity contribution is 5.69. The Bertz CT molecular complexity index is 377. The molecule has 0 heterocycles. The normalized spacial score (nSPS) is 14.6. The standard InChI is InChI=1S/C28H56O2/c1-7-8-9-10-11-21-28(29)30-23-22-27(6)20-14-19-26(5)18-13-17-25(4)16-12-15-24(2)3/h24-27H,7-23H2,1-6H3. The number of hydrogen-bond acceptors (Lipinski definition) is 2. The average Bonchev–Trinajstić information content (AvgIpc) is 2.67. The number of rotatable bonds is 21. The highest BCUT2D eigenvalue weighted by Gasteiger charge is 2.09. The third kappa shape index (κ3) is 20.7. The minimum Gasteiger partial charge on any atom is -0.466 e. The maximum Gasteiger partial charge on any atom is 0.305 e. The van der Waals surface area contributed by atoms with Crippen LogP contribution in [0.25, 0.3) is 0 Å². The Kier molecular flexibility index (Phi) is 20.0. The number of ether oxygens (including phenoxy) is 1. The molecule has 0 aromatic rings. The molecule has 0 bridgehead atoms. The van der Waals surface area contributed by atoms with Crippen LogP contribution in [-0.2, 0) is 9.53 Å². The lowest BCUT2D eigenvalue weighted by Crippen LogP contribution is -2.09. The third-order valence-electron chi connectivity index (χ3n) is 6.62. The van der Waals surface area contributed by atoms with E-state index in [1.54, 1.807) is 0 Å². The maximum absolute atomic E-state index is 11.8. The maximum atomic E-state index is 11.8. The van der Waals surface area contributed by atoms with Gasteiger partial charge in [-0.1, -0.05) is 125 Å². The van der Waals surface area contributed by atoms with Crippen LogP contribution in [0, 0.1) is 23.7 Å². The Morgan fingerprint density at radius 3 is 1.57 bits per heavy atom. The van der Waals surface area contributed by atoms with Crippen molar-refractivity contribution in [3.63, 3.8) is 0 Å². The van der Waals surface area contributed by atoms with Crippen LogP contribution >= 0.6 is 0 Å². The van der Waals surface area contributed by atoms with E-state index in [0.717, 1.165) is 37.0 Å². The molecule has 0 aliphatic heterocycles. The summed E-state index contributed by atoms with van der Waals surface area (Å²) in [6.07, 6.45) is 19.9. The van der Waals surface area contributed by atoms with Gasteiger partial charge in [0.05, 0.1) is 6.61 Å². The van der Waals surface area contributed by atoms with E-state index in [9.17, 15) is 4.79 Å². The molecule has 0 aliphatic rings. The molecule has 0 N–H and O–H groups in total. The predicted octanol–water partition coefficient (Wildman–Crippen LogP) is 9.36. The quantitative estimate of drug-likeness (QED) is 0.135. The van der Waals surface area contributed by atoms with Crippen molar-refractivity contribution in [3.8, 4) is 0 Å². The van der Waals surface area contributed by atoms with Gasteiger partial charge in [0.25, 0.3) is 0 Å². The monoisotopic (exact) mass is 424 g/mol. The largest absolute Gasteiger partial charge is 0.466 e. The van der Waals surface area contributed by atoms with Gasteiger partial charge < -0.3 is 4.74 Å². The van der Waals surface area contributed by atoms with Crippen molar-refractivity contribution in [2.75, 3.05) is 6.61 Å². The van der Waals surface area contributed by atoms with E-state index >= 15 is 0 Å². The summed E-state index contributed by atoms with van der Waals surface area (Å²) >= 11 is 0. The van der Waals surface area contributed by atoms with Crippen LogP contribution in [0.5, 0.6) is 0 Å². The van der Waals surface area contributed by atoms with Gasteiger partial charge in [0.15, 0.2) is 0 Å². The second-order valence-corrected chi connectivity index (χ2v) is 10.7. The molecule has 0 radical (unpaired) electrons. The highest BCUT2D eigenvalue weighted by Crippen LogP contribution is 2.22. The van der Waals surface area contributed by atoms with Crippen LogP contribution < -0.4 is 0 Å². The molecular weight excluding hydrogens is 368 g/mol. The van der Waals surface area contributed by atoms with E-state index in [-0.39, 0.29) is 5.97 Å². The van der Waals surface area contributed by atoms with E-state index < -0.39 is 0 Å². The lowest BCUT2D eigenvalue weighted by Gasteiger charge is -2.16. The second kappa shape index (κ2) is 20.4. The van der Waals surface area contributed by atoms with Crippen LogP contribution in [0.15, 0.2) is 0 Å². The summed E-state index contributed by atoms with van der Waals surface area (Å²) in [6.45, 7) is 14.7. The van der Waals surface area contributed by atoms with Crippen LogP contribution in [-0.4, -0.2) is 12.6 Å². The van der Waals surface area contributed by atoms with Gasteiger partial charge >= 0.3 is 5.97 Å². The van der Waals surface area contributed by atoms with Gasteiger partial charge in [0.1, 0.15) is 0 Å². The van der Waals surface area contributed by atoms with E-state index in [0.29, 0.717) is 18.9 Å². The first-order valence-electron chi connectivity index (χ1n) is 13.5. The molecule has 30 heavy (non-hydrogen) atoms. The van der Waals surface area contributed by atoms with Gasteiger partial charge in [-0.2, -0.15) is 0 Å². The van der Waals surface area contributed by atoms with Crippen LogP contribution in [0.1, 0.15) is 144 Å². The van der Waals surface area contributed by atoms with Crippen LogP contribution in [0.2, 0.25) is 0 Å². The summed E-state index contributed by atoms with van der Waals surface area (Å²) < 4.78 is 5.42. The van der Waals surface area contributed by atoms with E-state index in [2.05, 4.69) is 41.5 Å². The SMILES string of the molecule is CCCCCCCC(=O)OCCC(C)CCCC(C)CCCC(C)CCCC(C)C. The molecule has 0 fully saturated rings. The Balaban J connectivity index is 3.55. The highest BCUT2D eigenvalue weighted by atomic mass is 16.5. The zero-order valence-corrected chi connectivity index (χ0v) is 21.6. The summed E-state index contributed by atoms with van der Waals surface area (Å²) in [4.78, 5) is 11.8. The molecular formula is C28H56O2. The van der Waals surface area contributed by atoms with Crippen molar-refractivity contribution < 1.29 is 9.53 Å². The number of unbranched alkanes of at least 4 members (excludes halogenated alkanes) is 4. The second-order valence-electron chi connectivity index (χ2n) is 10.7. The lowest BCUT2D eigenvalue weighted by molar-refractivity contribution is -0.144. The fourth-order valence-electron chi connectivity index (χ4n) is 4.26. The Morgan fingerprint density at radius 2 is 1.07 bits per heavy atom. The van der Waals surface area contributed by atoms with Crippen molar-refractivity contribution in [1.82, 2.24) is 0 Å². The Hall–Kier alpha value is -0.530. The van der Waals surface area contributed by atoms with Crippen molar-refractivity contribution in [2.24, 2.45) is 23.7 Å². The van der Waals surface area contributed by atoms with Crippen LogP contribution in [0.3, 0.4) is 0 Å². The lowest BCUT2D eigenvalue weighted by atomic mass is 9.91. The molecule has 180 valence electrons. The molecule has 3 unspecified atom stereocenters. The number of esters is 1. The summed E-state index contributed by atoms with van der Waals surface area (Å²) in [6, 6.07) is 0. The van der Waals surface area contributed by atoms with Gasteiger partial charge in [-0.3, -0.25) is 4.79 Å². The fraction of sp³-hybridized carbons (Fsp3) is 0.964. The van der Waals surface area contributed by atoms with Crippen molar-refractivity contribution in [3.05, 3.63) is 0 Å². The molecule has 0 saturated heterocycles. The molecule has 0 aromatic heterocycles. The molecule has 2 heteroatoms. The van der Waals surface area contributed by atoms with Crippen molar-refractivity contribution in [1.29, 1.82) is 0 Å². The molecule has 0 saturated carbocycles. The molecule has 0 aliphatic carbocycles. The Labute approximate surface area is 190 Å². The van der Waals surface area contributed by atoms with Crippen LogP contribution in [0.4, 0.5) is 0 Å². The fourth-order valence-corrected chi connectivity index (χ4v) is 4.26. The minimum atomic E-state index is 0.00533. The summed E-state index contributed by atoms with van der Waals surface area (Å²) in [7, 11) is 0. The third-order valence-corrected chi connectivity index (χ3v) is 6.62. The van der Waals surface area contributed by atoms with E-state index in [4.69, 9.17) is 4.74 Å². The zero-order chi connectivity index (χ0) is 22.6. The van der Waals surface area contributed by atoms with E-state index in [1.165, 1.54) is 77.0 Å². The zero-order valence-electron chi connectivity index (χ0n) is 21.6. The molecule has 2 nitrogen and oxygen atoms in total. The first-order chi connectivity index (χ1) is 14.3. The summed E-state index contributed by atoms with van der Waals surface area (Å²) in [5.41, 5.74) is 0. The summed E-state index contributed by atoms with van der Waals surface area (Å²) in [5, 5.41) is 0. The van der Waals surface area contributed by atoms with Gasteiger partial charge in [0, 0.05) is 6.42 Å². The van der Waals surface area contributed by atoms with Gasteiger partial charge in [-0.05, 0) is 36.5 Å². The molecule has 0 rings (SSSR count). The van der Waals surface area contributed by atoms with Gasteiger partial charge in [-0.15, -0.1) is 0 Å². The Morgan fingerprint density at radius 1 is 0.600 bits per heavy atom.